The first-order chi connectivity index (χ1) is 26.0. The molecule has 20 atom stereocenters. The first-order valence-corrected chi connectivity index (χ1v) is 20.8. The van der Waals surface area contributed by atoms with Gasteiger partial charge in [0.1, 0.15) is 30.7 Å². The molecule has 5 N–H and O–H groups in total. The minimum absolute atomic E-state index is 0.0153. The van der Waals surface area contributed by atoms with Gasteiger partial charge in [0.15, 0.2) is 18.9 Å². The molecule has 0 aromatic rings. The molecule has 4 aliphatic heterocycles. The minimum atomic E-state index is -1.11. The zero-order valence-corrected chi connectivity index (χ0v) is 32.8. The molecule has 0 unspecified atom stereocenters. The van der Waals surface area contributed by atoms with E-state index in [1.807, 2.05) is 13.8 Å². The van der Waals surface area contributed by atoms with Crippen molar-refractivity contribution in [2.24, 2.45) is 34.5 Å². The van der Waals surface area contributed by atoms with E-state index >= 15 is 0 Å². The fraction of sp³-hybridized carbons (Fsp3) is 0.902. The van der Waals surface area contributed by atoms with E-state index in [2.05, 4.69) is 6.92 Å². The maximum atomic E-state index is 14.2. The summed E-state index contributed by atoms with van der Waals surface area (Å²) in [6, 6.07) is 0. The van der Waals surface area contributed by atoms with Gasteiger partial charge in [0.2, 0.25) is 0 Å². The molecule has 8 rings (SSSR count). The van der Waals surface area contributed by atoms with E-state index in [9.17, 15) is 35.1 Å². The van der Waals surface area contributed by atoms with Crippen molar-refractivity contribution in [2.75, 3.05) is 6.61 Å². The molecule has 0 bridgehead atoms. The lowest BCUT2D eigenvalue weighted by Crippen LogP contribution is -2.65. The normalized spacial score (nSPS) is 54.2. The lowest BCUT2D eigenvalue weighted by atomic mass is 9.43. The van der Waals surface area contributed by atoms with Crippen molar-refractivity contribution in [3.63, 3.8) is 0 Å². The maximum absolute atomic E-state index is 14.2. The SMILES string of the molecule is C[C@H]1O[C@@H](O[C@H]2[C@@H](O)C[C@H](O[C@H]3[C@@H](O)C[C@H](O[C@H]4CC[C@@]5(C)[C@H](CC[C@@H]6[C@@H]5CC(=O)[C@]5(C)[C@@H](C7=CC(=O)OC7)CC[C@]65O)C4)O[C@@H]3C)O[C@@H]2C)C[C@H](O)[C@@H]1O. The first-order valence-electron chi connectivity index (χ1n) is 20.8. The Morgan fingerprint density at radius 2 is 1.31 bits per heavy atom. The third kappa shape index (κ3) is 6.86. The molecular weight excluding hydrogens is 716 g/mol. The van der Waals surface area contributed by atoms with Crippen LogP contribution in [0.2, 0.25) is 0 Å². The van der Waals surface area contributed by atoms with Crippen molar-refractivity contribution < 1.29 is 68.3 Å². The number of aliphatic hydroxyl groups excluding tert-OH is 4. The van der Waals surface area contributed by atoms with Crippen molar-refractivity contribution >= 4 is 11.8 Å². The van der Waals surface area contributed by atoms with E-state index in [1.54, 1.807) is 13.8 Å². The summed E-state index contributed by atoms with van der Waals surface area (Å²) in [5, 5.41) is 54.9. The molecule has 4 aliphatic carbocycles. The highest BCUT2D eigenvalue weighted by Crippen LogP contribution is 2.69. The van der Waals surface area contributed by atoms with E-state index in [1.165, 1.54) is 6.08 Å². The molecule has 310 valence electrons. The van der Waals surface area contributed by atoms with Gasteiger partial charge in [-0.15, -0.1) is 0 Å². The van der Waals surface area contributed by atoms with Crippen LogP contribution in [0.1, 0.15) is 105 Å². The monoisotopic (exact) mass is 778 g/mol. The van der Waals surface area contributed by atoms with Crippen molar-refractivity contribution in [2.45, 2.75) is 191 Å². The highest BCUT2D eigenvalue weighted by Gasteiger charge is 2.71. The number of esters is 1. The van der Waals surface area contributed by atoms with Crippen LogP contribution in [0.5, 0.6) is 0 Å². The Morgan fingerprint density at radius 1 is 0.709 bits per heavy atom. The third-order valence-corrected chi connectivity index (χ3v) is 15.7. The van der Waals surface area contributed by atoms with Crippen molar-refractivity contribution in [3.05, 3.63) is 11.6 Å². The number of fused-ring (bicyclic) bond motifs is 5. The quantitative estimate of drug-likeness (QED) is 0.187. The van der Waals surface area contributed by atoms with Gasteiger partial charge < -0.3 is 58.7 Å². The molecule has 3 saturated heterocycles. The zero-order valence-electron chi connectivity index (χ0n) is 32.8. The van der Waals surface area contributed by atoms with Gasteiger partial charge in [-0.25, -0.2) is 4.79 Å². The number of rotatable bonds is 7. The van der Waals surface area contributed by atoms with E-state index in [4.69, 9.17) is 33.2 Å². The second-order valence-corrected chi connectivity index (χ2v) is 18.6. The number of cyclic esters (lactones) is 1. The molecule has 14 nitrogen and oxygen atoms in total. The van der Waals surface area contributed by atoms with Crippen LogP contribution >= 0.6 is 0 Å². The molecule has 0 aromatic carbocycles. The molecule has 8 aliphatic rings. The van der Waals surface area contributed by atoms with Crippen molar-refractivity contribution in [3.8, 4) is 0 Å². The summed E-state index contributed by atoms with van der Waals surface area (Å²) in [7, 11) is 0. The van der Waals surface area contributed by atoms with Gasteiger partial charge in [-0.1, -0.05) is 6.92 Å². The van der Waals surface area contributed by atoms with Crippen LogP contribution in [-0.4, -0.2) is 129 Å². The van der Waals surface area contributed by atoms with Crippen LogP contribution < -0.4 is 0 Å². The fourth-order valence-electron chi connectivity index (χ4n) is 12.5. The number of hydrogen-bond acceptors (Lipinski definition) is 14. The number of carbonyl (C=O) groups excluding carboxylic acids is 2. The number of hydrogen-bond donors (Lipinski definition) is 5. The lowest BCUT2D eigenvalue weighted by Gasteiger charge is -2.63. The van der Waals surface area contributed by atoms with Crippen LogP contribution in [0, 0.1) is 34.5 Å². The van der Waals surface area contributed by atoms with Gasteiger partial charge in [0, 0.05) is 31.8 Å². The van der Waals surface area contributed by atoms with Crippen LogP contribution in [0.3, 0.4) is 0 Å². The Balaban J connectivity index is 0.839. The zero-order chi connectivity index (χ0) is 39.2. The van der Waals surface area contributed by atoms with E-state index in [0.29, 0.717) is 25.2 Å². The van der Waals surface area contributed by atoms with Crippen LogP contribution in [0.4, 0.5) is 0 Å². The Kier molecular flexibility index (Phi) is 10.9. The molecule has 0 spiro atoms. The summed E-state index contributed by atoms with van der Waals surface area (Å²) < 4.78 is 42.0. The van der Waals surface area contributed by atoms with Gasteiger partial charge in [0.25, 0.3) is 0 Å². The average Bonchev–Trinajstić information content (AvgIpc) is 3.67. The number of ether oxygens (including phenoxy) is 7. The summed E-state index contributed by atoms with van der Waals surface area (Å²) in [6.07, 6.45) is -1.47. The summed E-state index contributed by atoms with van der Waals surface area (Å²) in [5.74, 6) is -0.0188. The predicted octanol–water partition coefficient (Wildman–Crippen LogP) is 2.43. The molecule has 4 heterocycles. The highest BCUT2D eigenvalue weighted by molar-refractivity contribution is 5.90. The van der Waals surface area contributed by atoms with E-state index in [-0.39, 0.29) is 66.9 Å². The van der Waals surface area contributed by atoms with Crippen molar-refractivity contribution in [1.82, 2.24) is 0 Å². The van der Waals surface area contributed by atoms with Gasteiger partial charge >= 0.3 is 5.97 Å². The number of Topliss-reactive ketones (excluding diaryl/α,β-unsaturated/α-hetero) is 1. The van der Waals surface area contributed by atoms with Gasteiger partial charge in [-0.2, -0.15) is 0 Å². The molecular formula is C41H62O14. The lowest BCUT2D eigenvalue weighted by molar-refractivity contribution is -0.336. The smallest absolute Gasteiger partial charge is 0.331 e. The first kappa shape index (κ1) is 40.2. The molecule has 4 saturated carbocycles. The topological polar surface area (TPSA) is 200 Å². The number of ketones is 1. The van der Waals surface area contributed by atoms with Crippen LogP contribution in [0.25, 0.3) is 0 Å². The second kappa shape index (κ2) is 14.9. The predicted molar refractivity (Wildman–Crippen MR) is 192 cm³/mol. The molecule has 0 aromatic heterocycles. The molecule has 14 heteroatoms. The Bertz CT molecular complexity index is 1450. The minimum Gasteiger partial charge on any atom is -0.458 e. The average molecular weight is 779 g/mol. The summed E-state index contributed by atoms with van der Waals surface area (Å²) in [6.45, 7) is 9.70. The van der Waals surface area contributed by atoms with E-state index < -0.39 is 84.8 Å². The van der Waals surface area contributed by atoms with Crippen LogP contribution in [-0.2, 0) is 42.7 Å². The number of aliphatic hydroxyl groups is 5. The Morgan fingerprint density at radius 3 is 1.89 bits per heavy atom. The van der Waals surface area contributed by atoms with Crippen molar-refractivity contribution in [1.29, 1.82) is 0 Å². The van der Waals surface area contributed by atoms with Gasteiger partial charge in [-0.3, -0.25) is 4.79 Å². The van der Waals surface area contributed by atoms with Gasteiger partial charge in [0.05, 0.1) is 53.7 Å². The molecule has 7 fully saturated rings. The molecule has 55 heavy (non-hydrogen) atoms. The highest BCUT2D eigenvalue weighted by atomic mass is 16.7. The Hall–Kier alpha value is -1.56. The fourth-order valence-corrected chi connectivity index (χ4v) is 12.5. The van der Waals surface area contributed by atoms with E-state index in [0.717, 1.165) is 37.7 Å². The maximum Gasteiger partial charge on any atom is 0.331 e. The molecule has 0 amide bonds. The summed E-state index contributed by atoms with van der Waals surface area (Å²) >= 11 is 0. The van der Waals surface area contributed by atoms with Gasteiger partial charge in [-0.05, 0) is 107 Å². The Labute approximate surface area is 323 Å². The standard InChI is InChI=1S/C41H62O14/c1-19-36(47)28(42)15-34(50-19)54-38-21(3)52-35(17-30(38)44)55-37-20(2)51-33(16-29(37)43)53-24-8-10-39(4)23(13-24)6-7-26-27(39)14-31(45)40(5)25(9-11-41(26,40)48)22-12-32(46)49-18-22/h12,19-21,23-30,33-38,42-44,47-48H,6-11,13-18H2,1-5H3/t19-,20-,21-,23-,24+,25-,26-,27+,28+,29+,30+,33+,34+,35+,36-,37-,38-,39+,40+,41+/m1/s1. The number of carbonyl (C=O) groups is 2. The molecule has 0 radical (unpaired) electrons. The summed E-state index contributed by atoms with van der Waals surface area (Å²) in [5.41, 5.74) is -1.31. The van der Waals surface area contributed by atoms with Crippen LogP contribution in [0.15, 0.2) is 11.6 Å². The second-order valence-electron chi connectivity index (χ2n) is 18.6. The summed E-state index contributed by atoms with van der Waals surface area (Å²) in [4.78, 5) is 26.1. The third-order valence-electron chi connectivity index (χ3n) is 15.7. The largest absolute Gasteiger partial charge is 0.458 e.